The summed E-state index contributed by atoms with van der Waals surface area (Å²) in [6, 6.07) is 13.2. The molecule has 0 fully saturated rings. The zero-order valence-corrected chi connectivity index (χ0v) is 20.6. The van der Waals surface area contributed by atoms with Crippen molar-refractivity contribution in [2.45, 2.75) is 39.0 Å². The molecule has 0 spiro atoms. The Labute approximate surface area is 212 Å². The maximum Gasteiger partial charge on any atom is 0.416 e. The molecule has 4 rings (SSSR count). The highest BCUT2D eigenvalue weighted by Gasteiger charge is 2.30. The molecule has 0 aliphatic carbocycles. The Morgan fingerprint density at radius 2 is 1.73 bits per heavy atom. The predicted molar refractivity (Wildman–Crippen MR) is 133 cm³/mol. The summed E-state index contributed by atoms with van der Waals surface area (Å²) < 4.78 is 45.5. The number of carbonyl (C=O) groups is 2. The number of nitrogens with zero attached hydrogens (tertiary/aromatic N) is 2. The van der Waals surface area contributed by atoms with Crippen molar-refractivity contribution in [3.8, 4) is 0 Å². The smallest absolute Gasteiger partial charge is 0.416 e. The highest BCUT2D eigenvalue weighted by molar-refractivity contribution is 6.07. The van der Waals surface area contributed by atoms with E-state index < -0.39 is 17.7 Å². The lowest BCUT2D eigenvalue weighted by atomic mass is 9.99. The molecule has 2 aromatic heterocycles. The molecule has 2 aromatic carbocycles. The van der Waals surface area contributed by atoms with Crippen LogP contribution in [0.3, 0.4) is 0 Å². The lowest BCUT2D eigenvalue weighted by molar-refractivity contribution is -0.137. The van der Waals surface area contributed by atoms with E-state index in [1.807, 2.05) is 18.4 Å². The van der Waals surface area contributed by atoms with Gasteiger partial charge in [-0.05, 0) is 67.3 Å². The molecule has 0 aliphatic heterocycles. The average molecular weight is 510 g/mol. The van der Waals surface area contributed by atoms with Crippen molar-refractivity contribution in [2.24, 2.45) is 0 Å². The van der Waals surface area contributed by atoms with E-state index in [1.165, 1.54) is 19.2 Å². The van der Waals surface area contributed by atoms with Crippen molar-refractivity contribution in [2.75, 3.05) is 7.11 Å². The van der Waals surface area contributed by atoms with Crippen LogP contribution in [0.15, 0.2) is 67.0 Å². The van der Waals surface area contributed by atoms with Crippen LogP contribution in [-0.4, -0.2) is 28.5 Å². The van der Waals surface area contributed by atoms with Gasteiger partial charge in [-0.25, -0.2) is 9.78 Å². The zero-order valence-electron chi connectivity index (χ0n) is 20.6. The van der Waals surface area contributed by atoms with Crippen LogP contribution in [0.5, 0.6) is 0 Å². The van der Waals surface area contributed by atoms with E-state index in [-0.39, 0.29) is 11.9 Å². The monoisotopic (exact) mass is 509 g/mol. The Hall–Kier alpha value is -4.14. The van der Waals surface area contributed by atoms with Gasteiger partial charge in [-0.15, -0.1) is 0 Å². The molecule has 1 amide bonds. The third-order valence-electron chi connectivity index (χ3n) is 6.28. The van der Waals surface area contributed by atoms with Gasteiger partial charge in [-0.2, -0.15) is 13.2 Å². The van der Waals surface area contributed by atoms with Crippen LogP contribution in [0, 0.1) is 0 Å². The summed E-state index contributed by atoms with van der Waals surface area (Å²) >= 11 is 0. The summed E-state index contributed by atoms with van der Waals surface area (Å²) in [6.45, 7) is 4.37. The summed E-state index contributed by atoms with van der Waals surface area (Å²) in [5.41, 5.74) is 3.06. The van der Waals surface area contributed by atoms with E-state index in [2.05, 4.69) is 10.3 Å². The molecule has 4 aromatic rings. The summed E-state index contributed by atoms with van der Waals surface area (Å²) in [6.07, 6.45) is -0.671. The first-order valence-electron chi connectivity index (χ1n) is 11.7. The standard InChI is InChI=1S/C28H26F3N3O3/c1-4-34-16-23(26(35)33-17(2)19-7-9-20(10-8-19)27(36)37-3)24-21(13-14-32-25(24)34)15-18-5-11-22(12-6-18)28(29,30)31/h5-14,16-17H,4,15H2,1-3H3,(H,33,35). The van der Waals surface area contributed by atoms with Crippen LogP contribution in [0.4, 0.5) is 13.2 Å². The number of alkyl halides is 3. The van der Waals surface area contributed by atoms with E-state index in [9.17, 15) is 22.8 Å². The van der Waals surface area contributed by atoms with E-state index in [1.54, 1.807) is 42.7 Å². The SMILES string of the molecule is CCn1cc(C(=O)NC(C)c2ccc(C(=O)OC)cc2)c2c(Cc3ccc(C(F)(F)F)cc3)ccnc21. The quantitative estimate of drug-likeness (QED) is 0.313. The molecule has 0 aliphatic rings. The Morgan fingerprint density at radius 1 is 1.05 bits per heavy atom. The Kier molecular flexibility index (Phi) is 7.33. The molecule has 0 radical (unpaired) electrons. The number of nitrogens with one attached hydrogen (secondary N) is 1. The fourth-order valence-corrected chi connectivity index (χ4v) is 4.26. The number of ether oxygens (including phenoxy) is 1. The molecule has 1 atom stereocenters. The van der Waals surface area contributed by atoms with Crippen molar-refractivity contribution >= 4 is 22.9 Å². The first kappa shape index (κ1) is 25.9. The van der Waals surface area contributed by atoms with Gasteiger partial charge in [0.25, 0.3) is 5.91 Å². The van der Waals surface area contributed by atoms with Crippen LogP contribution >= 0.6 is 0 Å². The largest absolute Gasteiger partial charge is 0.465 e. The van der Waals surface area contributed by atoms with Gasteiger partial charge in [-0.3, -0.25) is 4.79 Å². The molecule has 1 N–H and O–H groups in total. The lowest BCUT2D eigenvalue weighted by Gasteiger charge is -2.15. The molecule has 0 saturated carbocycles. The van der Waals surface area contributed by atoms with E-state index >= 15 is 0 Å². The molecule has 2 heterocycles. The van der Waals surface area contributed by atoms with E-state index in [4.69, 9.17) is 4.74 Å². The van der Waals surface area contributed by atoms with Gasteiger partial charge in [0.05, 0.1) is 29.8 Å². The number of amides is 1. The Bertz CT molecular complexity index is 1430. The molecular formula is C28H26F3N3O3. The number of carbonyl (C=O) groups excluding carboxylic acids is 2. The number of aryl methyl sites for hydroxylation is 1. The fourth-order valence-electron chi connectivity index (χ4n) is 4.26. The van der Waals surface area contributed by atoms with Gasteiger partial charge in [-0.1, -0.05) is 24.3 Å². The maximum atomic E-state index is 13.4. The van der Waals surface area contributed by atoms with Crippen molar-refractivity contribution < 1.29 is 27.5 Å². The summed E-state index contributed by atoms with van der Waals surface area (Å²) in [5.74, 6) is -0.743. The van der Waals surface area contributed by atoms with Crippen molar-refractivity contribution in [3.63, 3.8) is 0 Å². The lowest BCUT2D eigenvalue weighted by Crippen LogP contribution is -2.26. The highest BCUT2D eigenvalue weighted by atomic mass is 19.4. The highest BCUT2D eigenvalue weighted by Crippen LogP contribution is 2.31. The van der Waals surface area contributed by atoms with Crippen LogP contribution in [0.1, 0.15) is 62.9 Å². The van der Waals surface area contributed by atoms with Crippen molar-refractivity contribution in [1.82, 2.24) is 14.9 Å². The molecule has 0 bridgehead atoms. The number of fused-ring (bicyclic) bond motifs is 1. The van der Waals surface area contributed by atoms with Gasteiger partial charge in [0.2, 0.25) is 0 Å². The predicted octanol–water partition coefficient (Wildman–Crippen LogP) is 5.94. The number of pyridine rings is 1. The Morgan fingerprint density at radius 3 is 2.32 bits per heavy atom. The minimum atomic E-state index is -4.40. The van der Waals surface area contributed by atoms with Crippen LogP contribution in [0.2, 0.25) is 0 Å². The number of halogens is 3. The fraction of sp³-hybridized carbons (Fsp3) is 0.250. The third kappa shape index (κ3) is 5.50. The van der Waals surface area contributed by atoms with E-state index in [0.29, 0.717) is 40.7 Å². The maximum absolute atomic E-state index is 13.4. The van der Waals surface area contributed by atoms with Gasteiger partial charge in [0.1, 0.15) is 5.65 Å². The molecule has 9 heteroatoms. The molecule has 37 heavy (non-hydrogen) atoms. The van der Waals surface area contributed by atoms with Gasteiger partial charge in [0, 0.05) is 24.3 Å². The Balaban J connectivity index is 1.63. The number of esters is 1. The molecule has 6 nitrogen and oxygen atoms in total. The second-order valence-corrected chi connectivity index (χ2v) is 8.68. The van der Waals surface area contributed by atoms with Gasteiger partial charge >= 0.3 is 12.1 Å². The van der Waals surface area contributed by atoms with E-state index in [0.717, 1.165) is 23.3 Å². The van der Waals surface area contributed by atoms with Gasteiger partial charge in [0.15, 0.2) is 0 Å². The number of aromatic nitrogens is 2. The second-order valence-electron chi connectivity index (χ2n) is 8.68. The minimum absolute atomic E-state index is 0.302. The topological polar surface area (TPSA) is 73.2 Å². The minimum Gasteiger partial charge on any atom is -0.465 e. The zero-order chi connectivity index (χ0) is 26.7. The van der Waals surface area contributed by atoms with Crippen LogP contribution < -0.4 is 5.32 Å². The second kappa shape index (κ2) is 10.5. The summed E-state index contributed by atoms with van der Waals surface area (Å²) in [4.78, 5) is 29.6. The molecule has 1 unspecified atom stereocenters. The molecular weight excluding hydrogens is 483 g/mol. The average Bonchev–Trinajstić information content (AvgIpc) is 3.28. The number of benzene rings is 2. The van der Waals surface area contributed by atoms with Gasteiger partial charge < -0.3 is 14.6 Å². The molecule has 0 saturated heterocycles. The van der Waals surface area contributed by atoms with Crippen molar-refractivity contribution in [3.05, 3.63) is 100 Å². The van der Waals surface area contributed by atoms with Crippen LogP contribution in [-0.2, 0) is 23.9 Å². The normalized spacial score (nSPS) is 12.4. The number of rotatable bonds is 7. The number of hydrogen-bond acceptors (Lipinski definition) is 4. The summed E-state index contributed by atoms with van der Waals surface area (Å²) in [5, 5.41) is 3.66. The first-order chi connectivity index (χ1) is 17.6. The number of methoxy groups -OCH3 is 1. The number of hydrogen-bond donors (Lipinski definition) is 1. The van der Waals surface area contributed by atoms with Crippen LogP contribution in [0.25, 0.3) is 11.0 Å². The molecule has 192 valence electrons. The third-order valence-corrected chi connectivity index (χ3v) is 6.28. The summed E-state index contributed by atoms with van der Waals surface area (Å²) in [7, 11) is 1.31. The first-order valence-corrected chi connectivity index (χ1v) is 11.7. The van der Waals surface area contributed by atoms with Crippen molar-refractivity contribution in [1.29, 1.82) is 0 Å².